The summed E-state index contributed by atoms with van der Waals surface area (Å²) >= 11 is 0. The highest BCUT2D eigenvalue weighted by molar-refractivity contribution is 5.97. The van der Waals surface area contributed by atoms with Gasteiger partial charge in [0.2, 0.25) is 5.91 Å². The van der Waals surface area contributed by atoms with Gasteiger partial charge in [-0.05, 0) is 45.4 Å². The van der Waals surface area contributed by atoms with E-state index in [1.807, 2.05) is 20.8 Å². The molecule has 1 aromatic heterocycles. The zero-order chi connectivity index (χ0) is 38.0. The summed E-state index contributed by atoms with van der Waals surface area (Å²) in [4.78, 5) is 59.1. The molecule has 2 aromatic rings. The second kappa shape index (κ2) is 15.8. The Kier molecular flexibility index (Phi) is 12.1. The molecule has 3 aliphatic heterocycles. The van der Waals surface area contributed by atoms with Crippen molar-refractivity contribution < 1.29 is 49.0 Å². The smallest absolute Gasteiger partial charge is 0.336 e. The number of morpholine rings is 1. The lowest BCUT2D eigenvalue weighted by Crippen LogP contribution is -2.68. The van der Waals surface area contributed by atoms with Crippen molar-refractivity contribution in [3.05, 3.63) is 40.4 Å². The number of likely N-dealkylation sites (tertiary alicyclic amines) is 1. The van der Waals surface area contributed by atoms with Gasteiger partial charge in [-0.2, -0.15) is 0 Å². The predicted molar refractivity (Wildman–Crippen MR) is 186 cm³/mol. The van der Waals surface area contributed by atoms with Crippen LogP contribution in [0.3, 0.4) is 0 Å². The maximum absolute atomic E-state index is 13.0. The minimum absolute atomic E-state index is 0.0679. The molecule has 288 valence electrons. The second-order valence-electron chi connectivity index (χ2n) is 15.2. The fourth-order valence-corrected chi connectivity index (χ4v) is 7.30. The summed E-state index contributed by atoms with van der Waals surface area (Å²) in [7, 11) is 1.56. The van der Waals surface area contributed by atoms with Gasteiger partial charge in [0.05, 0.1) is 66.6 Å². The number of carbonyl (C=O) groups excluding carboxylic acids is 2. The topological polar surface area (TPSA) is 225 Å². The van der Waals surface area contributed by atoms with E-state index >= 15 is 0 Å². The molecule has 0 radical (unpaired) electrons. The highest BCUT2D eigenvalue weighted by Gasteiger charge is 2.55. The van der Waals surface area contributed by atoms with Gasteiger partial charge >= 0.3 is 5.97 Å². The fourth-order valence-electron chi connectivity index (χ4n) is 7.30. The van der Waals surface area contributed by atoms with Crippen LogP contribution in [0.2, 0.25) is 0 Å². The van der Waals surface area contributed by atoms with Gasteiger partial charge < -0.3 is 49.8 Å². The Morgan fingerprint density at radius 2 is 1.94 bits per heavy atom. The number of aliphatic carboxylic acids is 1. The lowest BCUT2D eigenvalue weighted by Gasteiger charge is -2.49. The zero-order valence-electron chi connectivity index (χ0n) is 30.4. The van der Waals surface area contributed by atoms with E-state index in [9.17, 15) is 39.6 Å². The van der Waals surface area contributed by atoms with Gasteiger partial charge in [-0.1, -0.05) is 0 Å². The molecule has 0 bridgehead atoms. The highest BCUT2D eigenvalue weighted by Crippen LogP contribution is 2.37. The number of hydrogen-bond donors (Lipinski definition) is 6. The highest BCUT2D eigenvalue weighted by atomic mass is 16.6. The van der Waals surface area contributed by atoms with Crippen molar-refractivity contribution >= 4 is 28.7 Å². The molecule has 3 saturated heterocycles. The van der Waals surface area contributed by atoms with Crippen LogP contribution in [0.1, 0.15) is 57.3 Å². The maximum atomic E-state index is 13.0. The average Bonchev–Trinajstić information content (AvgIpc) is 3.50. The molecule has 2 amide bonds. The molecule has 3 aliphatic rings. The third kappa shape index (κ3) is 8.80. The molecule has 17 nitrogen and oxygen atoms in total. The van der Waals surface area contributed by atoms with Crippen LogP contribution in [0.5, 0.6) is 0 Å². The van der Waals surface area contributed by atoms with Crippen molar-refractivity contribution in [1.82, 2.24) is 30.0 Å². The number of aliphatic hydroxyl groups is 3. The number of carboxylic acids is 1. The van der Waals surface area contributed by atoms with Crippen LogP contribution in [0.25, 0.3) is 10.9 Å². The molecule has 0 saturated carbocycles. The first-order valence-corrected chi connectivity index (χ1v) is 17.6. The Hall–Kier alpha value is -3.55. The predicted octanol–water partition coefficient (Wildman–Crippen LogP) is -1.20. The van der Waals surface area contributed by atoms with Crippen LogP contribution in [-0.4, -0.2) is 157 Å². The Morgan fingerprint density at radius 1 is 1.19 bits per heavy atom. The van der Waals surface area contributed by atoms with E-state index in [0.717, 1.165) is 13.0 Å². The number of nitrogens with one attached hydrogen (secondary N) is 2. The number of ether oxygens (including phenoxy) is 3. The van der Waals surface area contributed by atoms with Gasteiger partial charge in [0.15, 0.2) is 5.60 Å². The van der Waals surface area contributed by atoms with Crippen molar-refractivity contribution in [1.29, 1.82) is 0 Å². The monoisotopic (exact) mass is 732 g/mol. The van der Waals surface area contributed by atoms with Crippen LogP contribution in [-0.2, 0) is 30.8 Å². The molecule has 1 spiro atoms. The van der Waals surface area contributed by atoms with Crippen molar-refractivity contribution in [3.63, 3.8) is 0 Å². The normalized spacial score (nSPS) is 28.5. The molecule has 3 fully saturated rings. The average molecular weight is 733 g/mol. The van der Waals surface area contributed by atoms with E-state index in [1.165, 1.54) is 36.0 Å². The molecule has 1 aromatic carbocycles. The lowest BCUT2D eigenvalue weighted by atomic mass is 9.81. The number of amides is 2. The number of aryl methyl sites for hydroxylation is 1. The Labute approximate surface area is 301 Å². The van der Waals surface area contributed by atoms with Crippen molar-refractivity contribution in [2.24, 2.45) is 7.05 Å². The van der Waals surface area contributed by atoms with Crippen LogP contribution >= 0.6 is 0 Å². The Bertz CT molecular complexity index is 1680. The van der Waals surface area contributed by atoms with Crippen molar-refractivity contribution in [2.45, 2.75) is 94.2 Å². The number of nitrogens with zero attached hydrogens (tertiary/aromatic N) is 4. The number of hydrogen-bond acceptors (Lipinski definition) is 13. The zero-order valence-corrected chi connectivity index (χ0v) is 30.4. The molecular formula is C35H52N6O11. The molecule has 0 unspecified atom stereocenters. The number of aliphatic hydroxyl groups excluding tert-OH is 3. The molecular weight excluding hydrogens is 680 g/mol. The molecule has 5 rings (SSSR count). The van der Waals surface area contributed by atoms with E-state index in [-0.39, 0.29) is 41.6 Å². The number of rotatable bonds is 12. The largest absolute Gasteiger partial charge is 0.479 e. The van der Waals surface area contributed by atoms with Gasteiger partial charge in [-0.25, -0.2) is 9.78 Å². The minimum Gasteiger partial charge on any atom is -0.479 e. The number of fused-ring (bicyclic) bond motifs is 1. The van der Waals surface area contributed by atoms with Gasteiger partial charge in [0.1, 0.15) is 12.2 Å². The van der Waals surface area contributed by atoms with Gasteiger partial charge in [0.25, 0.3) is 11.5 Å². The number of aromatic nitrogens is 2. The van der Waals surface area contributed by atoms with Crippen LogP contribution in [0.4, 0.5) is 0 Å². The Morgan fingerprint density at radius 3 is 2.63 bits per heavy atom. The Balaban J connectivity index is 1.29. The van der Waals surface area contributed by atoms with Crippen molar-refractivity contribution in [3.8, 4) is 0 Å². The summed E-state index contributed by atoms with van der Waals surface area (Å²) in [6.07, 6.45) is -4.90. The lowest BCUT2D eigenvalue weighted by molar-refractivity contribution is -0.231. The number of carboxylic acid groups (broad SMARTS) is 1. The van der Waals surface area contributed by atoms with Gasteiger partial charge in [-0.15, -0.1) is 0 Å². The summed E-state index contributed by atoms with van der Waals surface area (Å²) in [5.41, 5.74) is -2.51. The molecule has 0 aliphatic carbocycles. The van der Waals surface area contributed by atoms with Crippen LogP contribution in [0.15, 0.2) is 29.3 Å². The van der Waals surface area contributed by atoms with E-state index < -0.39 is 60.4 Å². The van der Waals surface area contributed by atoms with Crippen LogP contribution < -0.4 is 16.2 Å². The summed E-state index contributed by atoms with van der Waals surface area (Å²) < 4.78 is 19.4. The summed E-state index contributed by atoms with van der Waals surface area (Å²) in [6, 6.07) is 3.06. The van der Waals surface area contributed by atoms with E-state index in [4.69, 9.17) is 14.2 Å². The fraction of sp³-hybridized carbons (Fsp3) is 0.686. The second-order valence-corrected chi connectivity index (χ2v) is 15.2. The van der Waals surface area contributed by atoms with Gasteiger partial charge in [-0.3, -0.25) is 24.2 Å². The SMILES string of the molecule is CC(=O)N[C@H]1[C@H]([C@H](O)[C@H](O)CNC(=O)c2ccc3c(=O)n(C)cnc3c2)O[C@@](CCN2CCOC[C@@]23CCN(COC(C)(C)C)C3)(C(=O)O)C[C@@H]1O. The quantitative estimate of drug-likeness (QED) is 0.151. The molecule has 6 N–H and O–H groups in total. The van der Waals surface area contributed by atoms with Gasteiger partial charge in [0, 0.05) is 65.1 Å². The first-order valence-electron chi connectivity index (χ1n) is 17.6. The van der Waals surface area contributed by atoms with E-state index in [0.29, 0.717) is 43.9 Å². The van der Waals surface area contributed by atoms with Crippen LogP contribution in [0, 0.1) is 0 Å². The van der Waals surface area contributed by atoms with E-state index in [1.54, 1.807) is 7.05 Å². The summed E-state index contributed by atoms with van der Waals surface area (Å²) in [6.45, 7) is 10.3. The summed E-state index contributed by atoms with van der Waals surface area (Å²) in [5.74, 6) is -2.55. The first-order chi connectivity index (χ1) is 24.4. The first kappa shape index (κ1) is 39.7. The minimum atomic E-state index is -1.98. The molecule has 52 heavy (non-hydrogen) atoms. The molecule has 17 heteroatoms. The van der Waals surface area contributed by atoms with E-state index in [2.05, 4.69) is 25.4 Å². The maximum Gasteiger partial charge on any atom is 0.336 e. The summed E-state index contributed by atoms with van der Waals surface area (Å²) in [5, 5.41) is 49.7. The molecule has 7 atom stereocenters. The number of benzene rings is 1. The number of carbonyl (C=O) groups is 3. The standard InChI is InChI=1S/C35H52N6O11/c1-21(42)38-27-25(43)15-35(32(48)49,9-11-41-12-13-50-18-34(41)8-10-40(17-34)20-51-33(2,3)4)52-29(27)28(45)26(44)16-36-30(46)22-6-7-23-24(14-22)37-19-39(5)31(23)47/h6-7,14,19,25-29,43-45H,8-13,15-18,20H2,1-5H3,(H,36,46)(H,38,42)(H,48,49)/t25-,26+,27+,28+,29+,34-,35+/m0/s1. The van der Waals surface area contributed by atoms with Crippen molar-refractivity contribution in [2.75, 3.05) is 52.7 Å². The molecule has 4 heterocycles. The third-order valence-corrected chi connectivity index (χ3v) is 10.2. The third-order valence-electron chi connectivity index (χ3n) is 10.2.